The van der Waals surface area contributed by atoms with E-state index in [4.69, 9.17) is 10.8 Å². The molecule has 1 aliphatic rings. The van der Waals surface area contributed by atoms with Crippen molar-refractivity contribution >= 4 is 5.97 Å². The molecule has 1 fully saturated rings. The lowest BCUT2D eigenvalue weighted by molar-refractivity contribution is -0.141. The molecule has 0 aromatic carbocycles. The Morgan fingerprint density at radius 2 is 2.20 bits per heavy atom. The Morgan fingerprint density at radius 1 is 1.53 bits per heavy atom. The maximum Gasteiger partial charge on any atom is 0.307 e. The van der Waals surface area contributed by atoms with Crippen molar-refractivity contribution in [2.45, 2.75) is 45.4 Å². The number of aliphatic carboxylic acids is 1. The quantitative estimate of drug-likeness (QED) is 0.650. The third-order valence-corrected chi connectivity index (χ3v) is 3.33. The van der Waals surface area contributed by atoms with Crippen molar-refractivity contribution < 1.29 is 9.90 Å². The highest BCUT2D eigenvalue weighted by molar-refractivity contribution is 5.70. The van der Waals surface area contributed by atoms with Crippen LogP contribution in [0.2, 0.25) is 0 Å². The molecule has 0 amide bonds. The fraction of sp³-hybridized carbons (Fsp3) is 0.917. The van der Waals surface area contributed by atoms with Gasteiger partial charge in [0.05, 0.1) is 5.92 Å². The first-order valence-corrected chi connectivity index (χ1v) is 6.06. The zero-order valence-electron chi connectivity index (χ0n) is 9.61. The fourth-order valence-corrected chi connectivity index (χ4v) is 2.06. The van der Waals surface area contributed by atoms with Crippen LogP contribution in [0.3, 0.4) is 0 Å². The van der Waals surface area contributed by atoms with Gasteiger partial charge in [0.1, 0.15) is 0 Å². The molecule has 0 unspecified atom stereocenters. The van der Waals surface area contributed by atoms with Crippen LogP contribution in [-0.2, 0) is 4.79 Å². The molecule has 0 radical (unpaired) electrons. The van der Waals surface area contributed by atoms with Gasteiger partial charge in [0.25, 0.3) is 0 Å². The fourth-order valence-electron chi connectivity index (χ4n) is 2.06. The SMILES string of the molecule is C[C@@H](CCCC1CC1)C[C@H](CN)C(=O)O. The van der Waals surface area contributed by atoms with E-state index < -0.39 is 5.97 Å². The molecule has 3 heteroatoms. The Bertz CT molecular complexity index is 202. The minimum atomic E-state index is -0.744. The summed E-state index contributed by atoms with van der Waals surface area (Å²) in [4.78, 5) is 10.8. The summed E-state index contributed by atoms with van der Waals surface area (Å²) in [5.41, 5.74) is 5.43. The second-order valence-electron chi connectivity index (χ2n) is 4.99. The van der Waals surface area contributed by atoms with E-state index in [1.807, 2.05) is 0 Å². The number of nitrogens with two attached hydrogens (primary N) is 1. The van der Waals surface area contributed by atoms with Gasteiger partial charge in [0, 0.05) is 6.54 Å². The van der Waals surface area contributed by atoms with Crippen LogP contribution in [0.25, 0.3) is 0 Å². The molecular formula is C12H23NO2. The van der Waals surface area contributed by atoms with E-state index >= 15 is 0 Å². The lowest BCUT2D eigenvalue weighted by atomic mass is 9.91. The lowest BCUT2D eigenvalue weighted by Gasteiger charge is -2.15. The molecule has 0 aromatic rings. The maximum absolute atomic E-state index is 10.8. The van der Waals surface area contributed by atoms with Crippen LogP contribution in [0.5, 0.6) is 0 Å². The summed E-state index contributed by atoms with van der Waals surface area (Å²) in [6.45, 7) is 2.40. The molecule has 3 N–H and O–H groups in total. The van der Waals surface area contributed by atoms with Crippen molar-refractivity contribution in [1.29, 1.82) is 0 Å². The number of hydrogen-bond donors (Lipinski definition) is 2. The van der Waals surface area contributed by atoms with Gasteiger partial charge in [-0.15, -0.1) is 0 Å². The van der Waals surface area contributed by atoms with Crippen molar-refractivity contribution in [3.63, 3.8) is 0 Å². The molecule has 1 saturated carbocycles. The second-order valence-corrected chi connectivity index (χ2v) is 4.99. The van der Waals surface area contributed by atoms with Crippen LogP contribution in [0, 0.1) is 17.8 Å². The number of rotatable bonds is 8. The number of carbonyl (C=O) groups is 1. The predicted octanol–water partition coefficient (Wildman–Crippen LogP) is 2.25. The molecule has 0 spiro atoms. The third kappa shape index (κ3) is 5.17. The van der Waals surface area contributed by atoms with E-state index in [-0.39, 0.29) is 12.5 Å². The average molecular weight is 213 g/mol. The first-order valence-electron chi connectivity index (χ1n) is 6.06. The van der Waals surface area contributed by atoms with Gasteiger partial charge >= 0.3 is 5.97 Å². The molecule has 2 atom stereocenters. The van der Waals surface area contributed by atoms with Gasteiger partial charge < -0.3 is 10.8 Å². The van der Waals surface area contributed by atoms with Crippen molar-refractivity contribution in [3.8, 4) is 0 Å². The second kappa shape index (κ2) is 6.11. The third-order valence-electron chi connectivity index (χ3n) is 3.33. The van der Waals surface area contributed by atoms with Crippen LogP contribution in [-0.4, -0.2) is 17.6 Å². The molecule has 88 valence electrons. The summed E-state index contributed by atoms with van der Waals surface area (Å²) >= 11 is 0. The van der Waals surface area contributed by atoms with Gasteiger partial charge in [-0.05, 0) is 18.3 Å². The topological polar surface area (TPSA) is 63.3 Å². The number of carboxylic acids is 1. The van der Waals surface area contributed by atoms with Crippen LogP contribution >= 0.6 is 0 Å². The monoisotopic (exact) mass is 213 g/mol. The first-order chi connectivity index (χ1) is 7.13. The van der Waals surface area contributed by atoms with Gasteiger partial charge in [-0.3, -0.25) is 4.79 Å². The predicted molar refractivity (Wildman–Crippen MR) is 60.5 cm³/mol. The normalized spacial score (nSPS) is 19.9. The number of carboxylic acid groups (broad SMARTS) is 1. The molecule has 1 aliphatic carbocycles. The Labute approximate surface area is 92.0 Å². The molecule has 15 heavy (non-hydrogen) atoms. The summed E-state index contributed by atoms with van der Waals surface area (Å²) in [6, 6.07) is 0. The molecule has 0 aromatic heterocycles. The molecule has 0 aliphatic heterocycles. The van der Waals surface area contributed by atoms with Crippen molar-refractivity contribution in [3.05, 3.63) is 0 Å². The summed E-state index contributed by atoms with van der Waals surface area (Å²) in [7, 11) is 0. The molecule has 1 rings (SSSR count). The first kappa shape index (κ1) is 12.5. The van der Waals surface area contributed by atoms with Crippen LogP contribution in [0.4, 0.5) is 0 Å². The number of hydrogen-bond acceptors (Lipinski definition) is 2. The zero-order chi connectivity index (χ0) is 11.3. The van der Waals surface area contributed by atoms with E-state index in [1.165, 1.54) is 25.7 Å². The van der Waals surface area contributed by atoms with Gasteiger partial charge in [0.15, 0.2) is 0 Å². The Hall–Kier alpha value is -0.570. The molecule has 0 heterocycles. The highest BCUT2D eigenvalue weighted by Gasteiger charge is 2.22. The van der Waals surface area contributed by atoms with Crippen molar-refractivity contribution in [2.24, 2.45) is 23.5 Å². The van der Waals surface area contributed by atoms with Crippen LogP contribution in [0.15, 0.2) is 0 Å². The van der Waals surface area contributed by atoms with Gasteiger partial charge in [0.2, 0.25) is 0 Å². The summed E-state index contributed by atoms with van der Waals surface area (Å²) in [6.07, 6.45) is 7.30. The smallest absolute Gasteiger partial charge is 0.307 e. The summed E-state index contributed by atoms with van der Waals surface area (Å²) in [5.74, 6) is 0.392. The van der Waals surface area contributed by atoms with E-state index in [1.54, 1.807) is 0 Å². The van der Waals surface area contributed by atoms with Crippen molar-refractivity contribution in [1.82, 2.24) is 0 Å². The largest absolute Gasteiger partial charge is 0.481 e. The lowest BCUT2D eigenvalue weighted by Crippen LogP contribution is -2.25. The minimum Gasteiger partial charge on any atom is -0.481 e. The molecular weight excluding hydrogens is 190 g/mol. The Balaban J connectivity index is 2.09. The van der Waals surface area contributed by atoms with Gasteiger partial charge in [-0.1, -0.05) is 39.0 Å². The molecule has 3 nitrogen and oxygen atoms in total. The summed E-state index contributed by atoms with van der Waals surface area (Å²) < 4.78 is 0. The van der Waals surface area contributed by atoms with Gasteiger partial charge in [-0.25, -0.2) is 0 Å². The Kier molecular flexibility index (Phi) is 5.09. The summed E-state index contributed by atoms with van der Waals surface area (Å²) in [5, 5.41) is 8.87. The molecule has 0 bridgehead atoms. The van der Waals surface area contributed by atoms with Gasteiger partial charge in [-0.2, -0.15) is 0 Å². The highest BCUT2D eigenvalue weighted by atomic mass is 16.4. The van der Waals surface area contributed by atoms with Crippen molar-refractivity contribution in [2.75, 3.05) is 6.54 Å². The van der Waals surface area contributed by atoms with E-state index in [9.17, 15) is 4.79 Å². The Morgan fingerprint density at radius 3 is 2.67 bits per heavy atom. The highest BCUT2D eigenvalue weighted by Crippen LogP contribution is 2.34. The molecule has 0 saturated heterocycles. The van der Waals surface area contributed by atoms with E-state index in [0.29, 0.717) is 5.92 Å². The average Bonchev–Trinajstić information content (AvgIpc) is 2.97. The van der Waals surface area contributed by atoms with E-state index in [0.717, 1.165) is 18.8 Å². The maximum atomic E-state index is 10.8. The minimum absolute atomic E-state index is 0.266. The van der Waals surface area contributed by atoms with Crippen LogP contribution < -0.4 is 5.73 Å². The standard InChI is InChI=1S/C12H23NO2/c1-9(3-2-4-10-5-6-10)7-11(8-13)12(14)15/h9-11H,2-8,13H2,1H3,(H,14,15)/t9-,11+/m0/s1. The zero-order valence-corrected chi connectivity index (χ0v) is 9.61. The van der Waals surface area contributed by atoms with Crippen LogP contribution in [0.1, 0.15) is 45.4 Å². The van der Waals surface area contributed by atoms with E-state index in [2.05, 4.69) is 6.92 Å².